The molecule has 6 heterocycles. The first-order valence-electron chi connectivity index (χ1n) is 18.6. The molecule has 0 spiro atoms. The van der Waals surface area contributed by atoms with Gasteiger partial charge in [0, 0.05) is 62.3 Å². The zero-order chi connectivity index (χ0) is 37.0. The fourth-order valence-corrected chi connectivity index (χ4v) is 7.51. The summed E-state index contributed by atoms with van der Waals surface area (Å²) >= 11 is 0. The number of piperazine rings is 1. The van der Waals surface area contributed by atoms with Gasteiger partial charge in [-0.1, -0.05) is 31.0 Å². The molecule has 3 aliphatic rings. The van der Waals surface area contributed by atoms with Crippen LogP contribution in [0.15, 0.2) is 77.8 Å². The fraction of sp³-hybridized carbons (Fsp3) is 0.359. The van der Waals surface area contributed by atoms with E-state index in [9.17, 15) is 19.2 Å². The van der Waals surface area contributed by atoms with Crippen molar-refractivity contribution in [1.82, 2.24) is 34.7 Å². The van der Waals surface area contributed by atoms with E-state index in [1.807, 2.05) is 22.7 Å². The van der Waals surface area contributed by atoms with Gasteiger partial charge in [0.25, 0.3) is 11.8 Å². The third-order valence-electron chi connectivity index (χ3n) is 10.4. The molecule has 3 aromatic heterocycles. The molecule has 2 aromatic carbocycles. The largest absolute Gasteiger partial charge is 0.467 e. The van der Waals surface area contributed by atoms with Crippen LogP contribution in [0.1, 0.15) is 65.0 Å². The molecule has 3 N–H and O–H groups in total. The number of nitrogens with zero attached hydrogens (tertiary/aromatic N) is 7. The number of carbonyl (C=O) groups is 4. The van der Waals surface area contributed by atoms with Crippen molar-refractivity contribution in [3.05, 3.63) is 90.3 Å². The lowest BCUT2D eigenvalue weighted by molar-refractivity contribution is -0.136. The summed E-state index contributed by atoms with van der Waals surface area (Å²) in [6.07, 6.45) is 9.57. The van der Waals surface area contributed by atoms with Crippen molar-refractivity contribution < 1.29 is 23.6 Å². The van der Waals surface area contributed by atoms with Crippen molar-refractivity contribution in [3.8, 4) is 11.1 Å². The Morgan fingerprint density at radius 3 is 2.48 bits per heavy atom. The summed E-state index contributed by atoms with van der Waals surface area (Å²) in [6, 6.07) is 16.5. The molecule has 3 aliphatic heterocycles. The molecular weight excluding hydrogens is 688 g/mol. The third kappa shape index (κ3) is 7.14. The third-order valence-corrected chi connectivity index (χ3v) is 10.4. The molecule has 1 unspecified atom stereocenters. The van der Waals surface area contributed by atoms with Crippen molar-refractivity contribution in [3.63, 3.8) is 0 Å². The van der Waals surface area contributed by atoms with Gasteiger partial charge in [0.1, 0.15) is 18.1 Å². The molecule has 0 saturated carbocycles. The summed E-state index contributed by atoms with van der Waals surface area (Å²) in [6.45, 7) is 6.22. The predicted molar refractivity (Wildman–Crippen MR) is 201 cm³/mol. The second-order valence-corrected chi connectivity index (χ2v) is 13.8. The van der Waals surface area contributed by atoms with Crippen LogP contribution in [0.3, 0.4) is 0 Å². The Bertz CT molecular complexity index is 2160. The Labute approximate surface area is 311 Å². The molecular formula is C39H42N10O5. The van der Waals surface area contributed by atoms with Gasteiger partial charge in [0.2, 0.25) is 17.8 Å². The van der Waals surface area contributed by atoms with Crippen LogP contribution in [-0.4, -0.2) is 98.3 Å². The number of rotatable bonds is 14. The van der Waals surface area contributed by atoms with E-state index >= 15 is 0 Å². The van der Waals surface area contributed by atoms with Crippen LogP contribution in [0.25, 0.3) is 16.8 Å². The molecule has 15 heteroatoms. The monoisotopic (exact) mass is 730 g/mol. The van der Waals surface area contributed by atoms with Gasteiger partial charge in [-0.3, -0.25) is 38.7 Å². The number of aromatic nitrogens is 4. The summed E-state index contributed by atoms with van der Waals surface area (Å²) in [5, 5.41) is 17.4. The zero-order valence-electron chi connectivity index (χ0n) is 29.9. The summed E-state index contributed by atoms with van der Waals surface area (Å²) in [4.78, 5) is 61.0. The van der Waals surface area contributed by atoms with Crippen LogP contribution in [0.4, 0.5) is 17.3 Å². The van der Waals surface area contributed by atoms with Gasteiger partial charge in [-0.2, -0.15) is 0 Å². The number of piperidine rings is 1. The van der Waals surface area contributed by atoms with Crippen molar-refractivity contribution >= 4 is 46.6 Å². The van der Waals surface area contributed by atoms with Crippen LogP contribution in [0.5, 0.6) is 0 Å². The summed E-state index contributed by atoms with van der Waals surface area (Å²) in [5.41, 5.74) is 5.07. The van der Waals surface area contributed by atoms with Gasteiger partial charge < -0.3 is 20.0 Å². The molecule has 8 rings (SSSR count). The van der Waals surface area contributed by atoms with E-state index in [1.165, 1.54) is 5.69 Å². The minimum Gasteiger partial charge on any atom is -0.467 e. The van der Waals surface area contributed by atoms with Crippen LogP contribution in [0.2, 0.25) is 0 Å². The molecule has 4 amide bonds. The smallest absolute Gasteiger partial charge is 0.264 e. The molecule has 2 saturated heterocycles. The number of anilines is 3. The first-order chi connectivity index (χ1) is 26.4. The van der Waals surface area contributed by atoms with Crippen molar-refractivity contribution in [1.29, 1.82) is 0 Å². The molecule has 0 radical (unpaired) electrons. The van der Waals surface area contributed by atoms with E-state index in [4.69, 9.17) is 4.42 Å². The standard InChI is InChI=1S/C39H42N10O5/c50-33-15-14-32(36(51)44-33)49-37(52)29-8-5-9-31(34(29)38(49)53)40-16-3-1-2-4-17-46-18-20-47(21-19-46)27-12-10-26(11-13-27)30-24-42-39(48-25-43-45-35(30)48)41-23-28-7-6-22-54-28/h5-13,22,24-25,32,40H,1-4,14-21,23H2,(H,41,42)(H,44,50,51). The number of nitrogens with one attached hydrogen (secondary N) is 3. The Balaban J connectivity index is 0.756. The quantitative estimate of drug-likeness (QED) is 0.110. The van der Waals surface area contributed by atoms with E-state index in [0.717, 1.165) is 85.8 Å². The first kappa shape index (κ1) is 35.0. The number of hydrogen-bond donors (Lipinski definition) is 3. The molecule has 0 aliphatic carbocycles. The van der Waals surface area contributed by atoms with Gasteiger partial charge in [-0.25, -0.2) is 4.98 Å². The van der Waals surface area contributed by atoms with Crippen LogP contribution in [0, 0.1) is 0 Å². The zero-order valence-corrected chi connectivity index (χ0v) is 29.9. The molecule has 1 atom stereocenters. The van der Waals surface area contributed by atoms with Gasteiger partial charge in [-0.15, -0.1) is 10.2 Å². The average molecular weight is 731 g/mol. The Hall–Kier alpha value is -6.09. The Morgan fingerprint density at radius 1 is 0.852 bits per heavy atom. The van der Waals surface area contributed by atoms with Crippen LogP contribution >= 0.6 is 0 Å². The van der Waals surface area contributed by atoms with E-state index < -0.39 is 23.8 Å². The molecule has 15 nitrogen and oxygen atoms in total. The summed E-state index contributed by atoms with van der Waals surface area (Å²) in [5.74, 6) is -0.517. The number of furan rings is 1. The normalized spacial score (nSPS) is 17.7. The van der Waals surface area contributed by atoms with Crippen molar-refractivity contribution in [2.24, 2.45) is 0 Å². The Morgan fingerprint density at radius 2 is 1.69 bits per heavy atom. The lowest BCUT2D eigenvalue weighted by atomic mass is 10.0. The maximum atomic E-state index is 13.3. The highest BCUT2D eigenvalue weighted by molar-refractivity contribution is 6.25. The second kappa shape index (κ2) is 15.5. The van der Waals surface area contributed by atoms with Gasteiger partial charge in [-0.05, 0) is 67.8 Å². The number of hydrogen-bond acceptors (Lipinski definition) is 12. The van der Waals surface area contributed by atoms with E-state index in [2.05, 4.69) is 65.2 Å². The molecule has 278 valence electrons. The summed E-state index contributed by atoms with van der Waals surface area (Å²) < 4.78 is 7.27. The predicted octanol–water partition coefficient (Wildman–Crippen LogP) is 4.19. The van der Waals surface area contributed by atoms with Crippen LogP contribution in [-0.2, 0) is 16.1 Å². The van der Waals surface area contributed by atoms with E-state index in [-0.39, 0.29) is 24.3 Å². The number of unbranched alkanes of at least 4 members (excludes halogenated alkanes) is 3. The minimum absolute atomic E-state index is 0.0950. The SMILES string of the molecule is O=C1CCC(N2C(=O)c3cccc(NCCCCCCN4CCN(c5ccc(-c6cnc(NCc7ccco7)n7cnnc67)cc5)CC4)c3C2=O)C(=O)N1. The number of amides is 4. The lowest BCUT2D eigenvalue weighted by Crippen LogP contribution is -2.54. The van der Waals surface area contributed by atoms with Crippen molar-refractivity contribution in [2.45, 2.75) is 51.1 Å². The summed E-state index contributed by atoms with van der Waals surface area (Å²) in [7, 11) is 0. The number of imide groups is 2. The van der Waals surface area contributed by atoms with Crippen molar-refractivity contribution in [2.75, 3.05) is 54.8 Å². The van der Waals surface area contributed by atoms with Gasteiger partial charge >= 0.3 is 0 Å². The van der Waals surface area contributed by atoms with Gasteiger partial charge in [0.15, 0.2) is 5.65 Å². The van der Waals surface area contributed by atoms with E-state index in [0.29, 0.717) is 30.3 Å². The minimum atomic E-state index is -0.972. The maximum absolute atomic E-state index is 13.3. The fourth-order valence-electron chi connectivity index (χ4n) is 7.51. The highest BCUT2D eigenvalue weighted by Crippen LogP contribution is 2.33. The highest BCUT2D eigenvalue weighted by Gasteiger charge is 2.45. The molecule has 5 aromatic rings. The topological polar surface area (TPSA) is 170 Å². The molecule has 54 heavy (non-hydrogen) atoms. The lowest BCUT2D eigenvalue weighted by Gasteiger charge is -2.36. The highest BCUT2D eigenvalue weighted by atomic mass is 16.3. The second-order valence-electron chi connectivity index (χ2n) is 13.8. The van der Waals surface area contributed by atoms with E-state index in [1.54, 1.807) is 30.8 Å². The first-order valence-corrected chi connectivity index (χ1v) is 18.6. The van der Waals surface area contributed by atoms with Gasteiger partial charge in [0.05, 0.1) is 23.9 Å². The molecule has 2 fully saturated rings. The molecule has 0 bridgehead atoms. The number of benzene rings is 2. The number of fused-ring (bicyclic) bond motifs is 2. The van der Waals surface area contributed by atoms with Crippen LogP contribution < -0.4 is 20.9 Å². The Kier molecular flexibility index (Phi) is 10.0. The number of carbonyl (C=O) groups excluding carboxylic acids is 4. The maximum Gasteiger partial charge on any atom is 0.264 e. The average Bonchev–Trinajstić information content (AvgIpc) is 3.96.